The van der Waals surface area contributed by atoms with E-state index in [2.05, 4.69) is 36.4 Å². The zero-order valence-electron chi connectivity index (χ0n) is 40.7. The third-order valence-corrected chi connectivity index (χ3v) is 10.4. The lowest BCUT2D eigenvalue weighted by Crippen LogP contribution is -2.10. The van der Waals surface area contributed by atoms with Crippen molar-refractivity contribution >= 4 is 71.3 Å². The fourth-order valence-corrected chi connectivity index (χ4v) is 7.71. The molecule has 0 aliphatic heterocycles. The molecule has 0 spiro atoms. The number of nitrogens with zero attached hydrogens (tertiary/aromatic N) is 1. The fourth-order valence-electron chi connectivity index (χ4n) is 7.71. The molecule has 0 aliphatic rings. The molecule has 0 aliphatic carbocycles. The second-order valence-electron chi connectivity index (χ2n) is 13.6. The van der Waals surface area contributed by atoms with Crippen LogP contribution in [0.2, 0.25) is 0 Å². The molecule has 2 nitrogen and oxygen atoms in total. The summed E-state index contributed by atoms with van der Waals surface area (Å²) in [4.78, 5) is 1.67. The molecule has 0 amide bonds. The smallest absolute Gasteiger partial charge is 0.143 e. The molecule has 0 saturated carbocycles. The van der Waals surface area contributed by atoms with Gasteiger partial charge in [0.05, 0.1) is 26.2 Å². The van der Waals surface area contributed by atoms with Crippen molar-refractivity contribution in [3.63, 3.8) is 0 Å². The van der Waals surface area contributed by atoms with Gasteiger partial charge in [-0.05, 0) is 115 Å². The summed E-state index contributed by atoms with van der Waals surface area (Å²) in [6.45, 7) is 0. The van der Waals surface area contributed by atoms with E-state index in [9.17, 15) is 6.85 Å². The van der Waals surface area contributed by atoms with Crippen LogP contribution in [-0.2, 0) is 0 Å². The number of fused-ring (bicyclic) bond motifs is 7. The molecular formula is C54H35NO. The van der Waals surface area contributed by atoms with Gasteiger partial charge in [-0.25, -0.2) is 0 Å². The van der Waals surface area contributed by atoms with E-state index in [4.69, 9.17) is 12.6 Å². The molecule has 1 heterocycles. The van der Waals surface area contributed by atoms with Gasteiger partial charge in [0.25, 0.3) is 0 Å². The molecule has 10 aromatic carbocycles. The van der Waals surface area contributed by atoms with Gasteiger partial charge in [0, 0.05) is 22.1 Å². The molecule has 11 rings (SSSR count). The van der Waals surface area contributed by atoms with Gasteiger partial charge in [-0.15, -0.1) is 0 Å². The van der Waals surface area contributed by atoms with E-state index < -0.39 is 77.6 Å². The molecule has 262 valence electrons. The van der Waals surface area contributed by atoms with Crippen molar-refractivity contribution in [2.24, 2.45) is 0 Å². The summed E-state index contributed by atoms with van der Waals surface area (Å²) in [5, 5.41) is 4.90. The van der Waals surface area contributed by atoms with E-state index >= 15 is 0 Å². The zero-order valence-corrected chi connectivity index (χ0v) is 29.7. The lowest BCUT2D eigenvalue weighted by molar-refractivity contribution is 0.672. The maximum atomic E-state index is 9.68. The predicted molar refractivity (Wildman–Crippen MR) is 237 cm³/mol. The summed E-state index contributed by atoms with van der Waals surface area (Å²) in [6, 6.07) is 41.2. The van der Waals surface area contributed by atoms with Crippen LogP contribution in [0.5, 0.6) is 0 Å². The highest BCUT2D eigenvalue weighted by atomic mass is 16.3. The van der Waals surface area contributed by atoms with Gasteiger partial charge >= 0.3 is 0 Å². The standard InChI is InChI=1S/C54H35NO/c1-2-13-41-34-43(23-22-36(41)10-1)38-26-31-46(32-27-38)55(51-20-9-21-52-53(51)50-33-28-40-12-4-6-18-49(40)54(50)56-52)45-29-24-37(25-30-45)42-15-7-16-44(35-42)48-19-8-14-39-11-3-5-17-47(39)48/h1-35H/i1D,2D,10D,13D,22D,23D,26D,27D,31D,32D,34D. The number of furan rings is 1. The van der Waals surface area contributed by atoms with E-state index in [1.807, 2.05) is 103 Å². The Morgan fingerprint density at radius 3 is 1.96 bits per heavy atom. The highest BCUT2D eigenvalue weighted by molar-refractivity contribution is 6.19. The van der Waals surface area contributed by atoms with Crippen LogP contribution >= 0.6 is 0 Å². The van der Waals surface area contributed by atoms with Gasteiger partial charge in [0.2, 0.25) is 0 Å². The number of hydrogen-bond donors (Lipinski definition) is 0. The van der Waals surface area contributed by atoms with Crippen molar-refractivity contribution < 1.29 is 19.5 Å². The number of hydrogen-bond acceptors (Lipinski definition) is 2. The summed E-state index contributed by atoms with van der Waals surface area (Å²) in [7, 11) is 0. The summed E-state index contributed by atoms with van der Waals surface area (Å²) < 4.78 is 106. The third-order valence-electron chi connectivity index (χ3n) is 10.4. The third kappa shape index (κ3) is 5.42. The summed E-state index contributed by atoms with van der Waals surface area (Å²) in [6.07, 6.45) is 0. The first-order valence-electron chi connectivity index (χ1n) is 23.8. The Balaban J connectivity index is 1.13. The Hall–Kier alpha value is -7.42. The number of rotatable bonds is 6. The topological polar surface area (TPSA) is 16.4 Å². The molecule has 0 unspecified atom stereocenters. The lowest BCUT2D eigenvalue weighted by atomic mass is 9.95. The van der Waals surface area contributed by atoms with Crippen molar-refractivity contribution in [1.82, 2.24) is 0 Å². The molecule has 0 bridgehead atoms. The van der Waals surface area contributed by atoms with Crippen LogP contribution < -0.4 is 4.90 Å². The molecule has 2 heteroatoms. The fraction of sp³-hybridized carbons (Fsp3) is 0. The number of benzene rings is 10. The van der Waals surface area contributed by atoms with Crippen molar-refractivity contribution in [2.75, 3.05) is 4.90 Å². The van der Waals surface area contributed by atoms with Gasteiger partial charge in [-0.1, -0.05) is 158 Å². The first-order valence-corrected chi connectivity index (χ1v) is 18.3. The monoisotopic (exact) mass is 724 g/mol. The normalized spacial score (nSPS) is 14.3. The average molecular weight is 725 g/mol. The highest BCUT2D eigenvalue weighted by Crippen LogP contribution is 2.45. The quantitative estimate of drug-likeness (QED) is 0.170. The van der Waals surface area contributed by atoms with E-state index in [0.717, 1.165) is 49.2 Å². The van der Waals surface area contributed by atoms with Gasteiger partial charge in [0.15, 0.2) is 0 Å². The minimum absolute atomic E-state index is 0.126. The second-order valence-corrected chi connectivity index (χ2v) is 13.6. The Morgan fingerprint density at radius 1 is 0.411 bits per heavy atom. The molecular weight excluding hydrogens is 679 g/mol. The van der Waals surface area contributed by atoms with Crippen molar-refractivity contribution in [3.8, 4) is 33.4 Å². The maximum absolute atomic E-state index is 9.68. The predicted octanol–water partition coefficient (Wildman–Crippen LogP) is 15.5. The Bertz CT molecular complexity index is 3870. The van der Waals surface area contributed by atoms with Gasteiger partial charge in [-0.2, -0.15) is 0 Å². The first kappa shape index (κ1) is 22.7. The minimum atomic E-state index is -0.657. The first-order chi connectivity index (χ1) is 32.3. The van der Waals surface area contributed by atoms with E-state index in [1.54, 1.807) is 11.0 Å². The largest absolute Gasteiger partial charge is 0.455 e. The van der Waals surface area contributed by atoms with Crippen LogP contribution in [0.25, 0.3) is 87.6 Å². The summed E-state index contributed by atoms with van der Waals surface area (Å²) in [5.41, 5.74) is 5.18. The van der Waals surface area contributed by atoms with E-state index in [0.29, 0.717) is 27.9 Å². The van der Waals surface area contributed by atoms with E-state index in [1.165, 1.54) is 0 Å². The SMILES string of the molecule is [2H]c1c([2H])c(N(c2ccc(-c3cccc(-c4cccc5ccccc45)c3)cc2)c2cccc3oc4c5ccccc5ccc4c23)c([2H])c([2H])c1-c1c([2H])c([2H])c2c([2H])c([2H])c([2H])c([2H])c2c1[2H]. The molecule has 0 saturated heterocycles. The molecule has 1 aromatic heterocycles. The average Bonchev–Trinajstić information content (AvgIpc) is 3.75. The van der Waals surface area contributed by atoms with E-state index in [-0.39, 0.29) is 16.5 Å². The molecule has 0 N–H and O–H groups in total. The minimum Gasteiger partial charge on any atom is -0.455 e. The molecule has 11 aromatic rings. The molecule has 0 atom stereocenters. The Kier molecular flexibility index (Phi) is 5.34. The zero-order chi connectivity index (χ0) is 46.6. The van der Waals surface area contributed by atoms with Crippen molar-refractivity contribution in [2.45, 2.75) is 0 Å². The van der Waals surface area contributed by atoms with Crippen LogP contribution in [0.1, 0.15) is 15.1 Å². The van der Waals surface area contributed by atoms with Crippen LogP contribution in [0.15, 0.2) is 216 Å². The molecule has 0 fully saturated rings. The molecule has 56 heavy (non-hydrogen) atoms. The Labute approximate surface area is 340 Å². The molecule has 0 radical (unpaired) electrons. The maximum Gasteiger partial charge on any atom is 0.143 e. The van der Waals surface area contributed by atoms with Crippen molar-refractivity contribution in [3.05, 3.63) is 212 Å². The lowest BCUT2D eigenvalue weighted by Gasteiger charge is -2.26. The number of anilines is 3. The van der Waals surface area contributed by atoms with Crippen LogP contribution in [-0.4, -0.2) is 0 Å². The van der Waals surface area contributed by atoms with Gasteiger partial charge in [-0.3, -0.25) is 0 Å². The van der Waals surface area contributed by atoms with Crippen LogP contribution in [0.3, 0.4) is 0 Å². The van der Waals surface area contributed by atoms with Gasteiger partial charge in [0.1, 0.15) is 11.2 Å². The van der Waals surface area contributed by atoms with Gasteiger partial charge < -0.3 is 9.32 Å². The summed E-state index contributed by atoms with van der Waals surface area (Å²) >= 11 is 0. The van der Waals surface area contributed by atoms with Crippen molar-refractivity contribution in [1.29, 1.82) is 0 Å². The highest BCUT2D eigenvalue weighted by Gasteiger charge is 2.21. The second kappa shape index (κ2) is 13.2. The van der Waals surface area contributed by atoms with Crippen LogP contribution in [0.4, 0.5) is 17.1 Å². The summed E-state index contributed by atoms with van der Waals surface area (Å²) in [5.74, 6) is 0. The van der Waals surface area contributed by atoms with Crippen LogP contribution in [0, 0.1) is 0 Å². The Morgan fingerprint density at radius 2 is 1.11 bits per heavy atom.